The van der Waals surface area contributed by atoms with Gasteiger partial charge in [0.1, 0.15) is 6.61 Å². The van der Waals surface area contributed by atoms with E-state index in [1.165, 1.54) is 4.90 Å². The highest BCUT2D eigenvalue weighted by Crippen LogP contribution is 2.38. The molecule has 1 fully saturated rings. The largest absolute Gasteiger partial charge is 0.490 e. The van der Waals surface area contributed by atoms with Crippen molar-refractivity contribution in [2.45, 2.75) is 46.3 Å². The van der Waals surface area contributed by atoms with Gasteiger partial charge >= 0.3 is 0 Å². The van der Waals surface area contributed by atoms with Gasteiger partial charge in [-0.2, -0.15) is 0 Å². The minimum Gasteiger partial charge on any atom is -0.490 e. The van der Waals surface area contributed by atoms with E-state index in [-0.39, 0.29) is 23.8 Å². The van der Waals surface area contributed by atoms with Crippen molar-refractivity contribution in [2.24, 2.45) is 0 Å². The molecule has 33 heavy (non-hydrogen) atoms. The maximum absolute atomic E-state index is 12.8. The normalized spacial score (nSPS) is 15.8. The fourth-order valence-electron chi connectivity index (χ4n) is 3.46. The summed E-state index contributed by atoms with van der Waals surface area (Å²) in [7, 11) is 0. The monoisotopic (exact) mass is 485 g/mol. The number of thioether (sulfide) groups is 1. The van der Waals surface area contributed by atoms with Crippen LogP contribution in [0.4, 0.5) is 4.79 Å². The van der Waals surface area contributed by atoms with Crippen LogP contribution in [-0.2, 0) is 17.8 Å². The van der Waals surface area contributed by atoms with Crippen molar-refractivity contribution >= 4 is 40.6 Å². The SMILES string of the molecule is C=CCc1cc(/C=C2/SC(=O)N([C@@H](C)CC)C2=O)cc(OCC)c1OCc1ccccc1Cl. The Kier molecular flexibility index (Phi) is 8.64. The summed E-state index contributed by atoms with van der Waals surface area (Å²) in [6, 6.07) is 11.1. The predicted molar refractivity (Wildman–Crippen MR) is 135 cm³/mol. The zero-order valence-electron chi connectivity index (χ0n) is 19.1. The van der Waals surface area contributed by atoms with Crippen LogP contribution in [0.1, 0.15) is 43.9 Å². The molecule has 5 nitrogen and oxygen atoms in total. The van der Waals surface area contributed by atoms with Gasteiger partial charge in [-0.1, -0.05) is 42.8 Å². The molecule has 0 unspecified atom stereocenters. The molecule has 0 aromatic heterocycles. The lowest BCUT2D eigenvalue weighted by molar-refractivity contribution is -0.124. The molecule has 0 saturated carbocycles. The number of carbonyl (C=O) groups is 2. The Bertz CT molecular complexity index is 1080. The molecular formula is C26H28ClNO4S. The number of carbonyl (C=O) groups excluding carboxylic acids is 2. The van der Waals surface area contributed by atoms with E-state index in [9.17, 15) is 9.59 Å². The molecule has 2 aromatic rings. The molecule has 1 saturated heterocycles. The highest BCUT2D eigenvalue weighted by Gasteiger charge is 2.37. The van der Waals surface area contributed by atoms with Crippen LogP contribution in [0.25, 0.3) is 6.08 Å². The van der Waals surface area contributed by atoms with Gasteiger partial charge in [0.05, 0.1) is 11.5 Å². The minimum absolute atomic E-state index is 0.140. The first-order chi connectivity index (χ1) is 15.9. The zero-order valence-corrected chi connectivity index (χ0v) is 20.7. The Labute approximate surface area is 204 Å². The van der Waals surface area contributed by atoms with Gasteiger partial charge in [0, 0.05) is 22.2 Å². The number of hydrogen-bond donors (Lipinski definition) is 0. The first kappa shape index (κ1) is 24.9. The van der Waals surface area contributed by atoms with E-state index in [1.54, 1.807) is 12.2 Å². The maximum Gasteiger partial charge on any atom is 0.293 e. The Morgan fingerprint density at radius 3 is 2.58 bits per heavy atom. The van der Waals surface area contributed by atoms with Crippen molar-refractivity contribution in [3.63, 3.8) is 0 Å². The number of amides is 2. The summed E-state index contributed by atoms with van der Waals surface area (Å²) in [5, 5.41) is 0.394. The maximum atomic E-state index is 12.8. The Balaban J connectivity index is 1.96. The molecule has 1 aliphatic rings. The smallest absolute Gasteiger partial charge is 0.293 e. The van der Waals surface area contributed by atoms with Crippen LogP contribution >= 0.6 is 23.4 Å². The highest BCUT2D eigenvalue weighted by molar-refractivity contribution is 8.18. The van der Waals surface area contributed by atoms with Crippen molar-refractivity contribution in [1.82, 2.24) is 4.90 Å². The van der Waals surface area contributed by atoms with E-state index < -0.39 is 0 Å². The average Bonchev–Trinajstić information content (AvgIpc) is 3.07. The molecule has 0 aliphatic carbocycles. The number of allylic oxidation sites excluding steroid dienone is 1. The van der Waals surface area contributed by atoms with Crippen molar-refractivity contribution in [3.05, 3.63) is 75.7 Å². The van der Waals surface area contributed by atoms with Gasteiger partial charge in [-0.3, -0.25) is 14.5 Å². The Morgan fingerprint density at radius 2 is 1.91 bits per heavy atom. The van der Waals surface area contributed by atoms with E-state index in [0.29, 0.717) is 40.9 Å². The van der Waals surface area contributed by atoms with Crippen LogP contribution in [0.2, 0.25) is 5.02 Å². The quantitative estimate of drug-likeness (QED) is 0.271. The molecule has 0 spiro atoms. The van der Waals surface area contributed by atoms with Crippen LogP contribution in [0.5, 0.6) is 11.5 Å². The molecular weight excluding hydrogens is 458 g/mol. The summed E-state index contributed by atoms with van der Waals surface area (Å²) in [5.74, 6) is 0.916. The van der Waals surface area contributed by atoms with Gasteiger partial charge in [-0.25, -0.2) is 0 Å². The number of benzene rings is 2. The van der Waals surface area contributed by atoms with Crippen molar-refractivity contribution in [2.75, 3.05) is 6.61 Å². The topological polar surface area (TPSA) is 55.8 Å². The summed E-state index contributed by atoms with van der Waals surface area (Å²) < 4.78 is 12.0. The van der Waals surface area contributed by atoms with E-state index >= 15 is 0 Å². The zero-order chi connectivity index (χ0) is 24.0. The van der Waals surface area contributed by atoms with E-state index in [2.05, 4.69) is 6.58 Å². The van der Waals surface area contributed by atoms with Crippen LogP contribution in [-0.4, -0.2) is 28.7 Å². The van der Waals surface area contributed by atoms with E-state index in [0.717, 1.165) is 28.5 Å². The number of ether oxygens (including phenoxy) is 2. The first-order valence-electron chi connectivity index (χ1n) is 10.9. The molecule has 2 aromatic carbocycles. The third-order valence-corrected chi connectivity index (χ3v) is 6.55. The Morgan fingerprint density at radius 1 is 1.15 bits per heavy atom. The predicted octanol–water partition coefficient (Wildman–Crippen LogP) is 6.88. The van der Waals surface area contributed by atoms with Gasteiger partial charge in [-0.15, -0.1) is 6.58 Å². The van der Waals surface area contributed by atoms with Gasteiger partial charge in [-0.05, 0) is 68.3 Å². The third kappa shape index (κ3) is 5.81. The van der Waals surface area contributed by atoms with Crippen LogP contribution in [0, 0.1) is 0 Å². The number of rotatable bonds is 10. The molecule has 1 aliphatic heterocycles. The lowest BCUT2D eigenvalue weighted by atomic mass is 10.0. The van der Waals surface area contributed by atoms with Crippen LogP contribution < -0.4 is 9.47 Å². The average molecular weight is 486 g/mol. The molecule has 7 heteroatoms. The Hall–Kier alpha value is -2.70. The van der Waals surface area contributed by atoms with Crippen LogP contribution in [0.15, 0.2) is 54.0 Å². The number of nitrogens with zero attached hydrogens (tertiary/aromatic N) is 1. The lowest BCUT2D eigenvalue weighted by Crippen LogP contribution is -2.36. The third-order valence-electron chi connectivity index (χ3n) is 5.30. The van der Waals surface area contributed by atoms with Crippen molar-refractivity contribution in [3.8, 4) is 11.5 Å². The van der Waals surface area contributed by atoms with Gasteiger partial charge in [0.2, 0.25) is 0 Å². The summed E-state index contributed by atoms with van der Waals surface area (Å²) in [5.41, 5.74) is 2.50. The van der Waals surface area contributed by atoms with Crippen molar-refractivity contribution < 1.29 is 19.1 Å². The van der Waals surface area contributed by atoms with Gasteiger partial charge < -0.3 is 9.47 Å². The van der Waals surface area contributed by atoms with E-state index in [4.69, 9.17) is 21.1 Å². The minimum atomic E-state index is -0.262. The molecule has 1 heterocycles. The molecule has 2 amide bonds. The summed E-state index contributed by atoms with van der Waals surface area (Å²) in [6.45, 7) is 10.3. The standard InChI is InChI=1S/C26H28ClNO4S/c1-5-10-19-13-18(15-23-25(29)28(17(4)6-2)26(30)33-23)14-22(31-7-3)24(19)32-16-20-11-8-9-12-21(20)27/h5,8-9,11-15,17H,1,6-7,10,16H2,2-4H3/b23-15+/t17-/m0/s1. The van der Waals surface area contributed by atoms with Gasteiger partial charge in [0.15, 0.2) is 11.5 Å². The van der Waals surface area contributed by atoms with Gasteiger partial charge in [0.25, 0.3) is 11.1 Å². The van der Waals surface area contributed by atoms with Crippen LogP contribution in [0.3, 0.4) is 0 Å². The second-order valence-corrected chi connectivity index (χ2v) is 9.02. The molecule has 0 radical (unpaired) electrons. The van der Waals surface area contributed by atoms with E-state index in [1.807, 2.05) is 57.2 Å². The molecule has 0 N–H and O–H groups in total. The second kappa shape index (κ2) is 11.4. The summed E-state index contributed by atoms with van der Waals surface area (Å²) in [4.78, 5) is 26.9. The summed E-state index contributed by atoms with van der Waals surface area (Å²) >= 11 is 7.25. The highest BCUT2D eigenvalue weighted by atomic mass is 35.5. The first-order valence-corrected chi connectivity index (χ1v) is 12.1. The number of halogens is 1. The lowest BCUT2D eigenvalue weighted by Gasteiger charge is -2.19. The fraction of sp³-hybridized carbons (Fsp3) is 0.308. The number of hydrogen-bond acceptors (Lipinski definition) is 5. The molecule has 1 atom stereocenters. The molecule has 174 valence electrons. The van der Waals surface area contributed by atoms with Crippen molar-refractivity contribution in [1.29, 1.82) is 0 Å². The summed E-state index contributed by atoms with van der Waals surface area (Å²) in [6.07, 6.45) is 4.78. The number of imide groups is 1. The second-order valence-electron chi connectivity index (χ2n) is 7.62. The molecule has 3 rings (SSSR count). The fourth-order valence-corrected chi connectivity index (χ4v) is 4.58. The molecule has 0 bridgehead atoms.